The smallest absolute Gasteiger partial charge is 0.266 e. The molecule has 0 spiro atoms. The molecule has 22 heavy (non-hydrogen) atoms. The SMILES string of the molecule is COc1ccc(-c2csc3nc4ccccc4c(=O)n23)cc1. The first-order chi connectivity index (χ1) is 10.8. The first-order valence-electron chi connectivity index (χ1n) is 6.81. The van der Waals surface area contributed by atoms with Crippen LogP contribution in [0.1, 0.15) is 0 Å². The molecule has 0 aliphatic heterocycles. The molecule has 0 bridgehead atoms. The van der Waals surface area contributed by atoms with Crippen molar-refractivity contribution in [2.45, 2.75) is 0 Å². The topological polar surface area (TPSA) is 43.6 Å². The molecule has 0 radical (unpaired) electrons. The van der Waals surface area contributed by atoms with E-state index >= 15 is 0 Å². The van der Waals surface area contributed by atoms with Crippen molar-refractivity contribution in [2.24, 2.45) is 0 Å². The lowest BCUT2D eigenvalue weighted by Crippen LogP contribution is -2.14. The Morgan fingerprint density at radius 1 is 1.09 bits per heavy atom. The Balaban J connectivity index is 2.02. The van der Waals surface area contributed by atoms with Crippen LogP contribution in [0.4, 0.5) is 0 Å². The normalized spacial score (nSPS) is 11.1. The maximum Gasteiger partial charge on any atom is 0.266 e. The van der Waals surface area contributed by atoms with Gasteiger partial charge >= 0.3 is 0 Å². The molecule has 4 rings (SSSR count). The van der Waals surface area contributed by atoms with Gasteiger partial charge in [0, 0.05) is 5.38 Å². The molecule has 0 saturated heterocycles. The van der Waals surface area contributed by atoms with Crippen molar-refractivity contribution in [3.8, 4) is 17.0 Å². The number of hydrogen-bond acceptors (Lipinski definition) is 4. The van der Waals surface area contributed by atoms with E-state index in [9.17, 15) is 4.79 Å². The first kappa shape index (κ1) is 13.0. The van der Waals surface area contributed by atoms with Crippen molar-refractivity contribution < 1.29 is 4.74 Å². The number of hydrogen-bond donors (Lipinski definition) is 0. The lowest BCUT2D eigenvalue weighted by molar-refractivity contribution is 0.415. The highest BCUT2D eigenvalue weighted by Crippen LogP contribution is 2.26. The Labute approximate surface area is 130 Å². The van der Waals surface area contributed by atoms with E-state index < -0.39 is 0 Å². The third-order valence-electron chi connectivity index (χ3n) is 3.65. The predicted molar refractivity (Wildman–Crippen MR) is 88.8 cm³/mol. The Kier molecular flexibility index (Phi) is 2.94. The van der Waals surface area contributed by atoms with Crippen LogP contribution < -0.4 is 10.3 Å². The van der Waals surface area contributed by atoms with Crippen LogP contribution in [-0.2, 0) is 0 Å². The molecular formula is C17H12N2O2S. The van der Waals surface area contributed by atoms with Gasteiger partial charge in [-0.3, -0.25) is 9.20 Å². The third-order valence-corrected chi connectivity index (χ3v) is 4.47. The molecule has 0 aliphatic carbocycles. The van der Waals surface area contributed by atoms with Crippen LogP contribution in [0.3, 0.4) is 0 Å². The zero-order valence-electron chi connectivity index (χ0n) is 11.8. The quantitative estimate of drug-likeness (QED) is 0.568. The average Bonchev–Trinajstić information content (AvgIpc) is 2.99. The number of aromatic nitrogens is 2. The summed E-state index contributed by atoms with van der Waals surface area (Å²) < 4.78 is 6.85. The van der Waals surface area contributed by atoms with E-state index in [1.807, 2.05) is 53.9 Å². The molecule has 4 nitrogen and oxygen atoms in total. The van der Waals surface area contributed by atoms with Gasteiger partial charge in [0.05, 0.1) is 23.7 Å². The van der Waals surface area contributed by atoms with Crippen LogP contribution in [0, 0.1) is 0 Å². The Morgan fingerprint density at radius 2 is 1.86 bits per heavy atom. The number of benzene rings is 2. The molecule has 0 saturated carbocycles. The van der Waals surface area contributed by atoms with Gasteiger partial charge in [0.25, 0.3) is 5.56 Å². The zero-order valence-corrected chi connectivity index (χ0v) is 12.6. The zero-order chi connectivity index (χ0) is 15.1. The van der Waals surface area contributed by atoms with Gasteiger partial charge in [0.15, 0.2) is 4.96 Å². The minimum Gasteiger partial charge on any atom is -0.497 e. The number of rotatable bonds is 2. The molecule has 0 N–H and O–H groups in total. The number of nitrogens with zero attached hydrogens (tertiary/aromatic N) is 2. The first-order valence-corrected chi connectivity index (χ1v) is 7.69. The molecule has 0 amide bonds. The third kappa shape index (κ3) is 1.90. The van der Waals surface area contributed by atoms with Crippen molar-refractivity contribution in [3.63, 3.8) is 0 Å². The molecule has 2 aromatic heterocycles. The number of para-hydroxylation sites is 1. The van der Waals surface area contributed by atoms with Crippen molar-refractivity contribution in [3.05, 3.63) is 64.3 Å². The van der Waals surface area contributed by atoms with Crippen LogP contribution in [-0.4, -0.2) is 16.5 Å². The van der Waals surface area contributed by atoms with Crippen molar-refractivity contribution in [2.75, 3.05) is 7.11 Å². The Hall–Kier alpha value is -2.66. The fourth-order valence-electron chi connectivity index (χ4n) is 2.52. The fraction of sp³-hybridized carbons (Fsp3) is 0.0588. The van der Waals surface area contributed by atoms with Crippen LogP contribution >= 0.6 is 11.3 Å². The second-order valence-electron chi connectivity index (χ2n) is 4.90. The predicted octanol–water partition coefficient (Wildman–Crippen LogP) is 3.58. The van der Waals surface area contributed by atoms with Crippen molar-refractivity contribution in [1.82, 2.24) is 9.38 Å². The minimum atomic E-state index is -0.0346. The molecule has 2 aromatic carbocycles. The number of ether oxygens (including phenoxy) is 1. The molecule has 0 fully saturated rings. The lowest BCUT2D eigenvalue weighted by Gasteiger charge is -2.04. The summed E-state index contributed by atoms with van der Waals surface area (Å²) >= 11 is 1.47. The Morgan fingerprint density at radius 3 is 2.64 bits per heavy atom. The second-order valence-corrected chi connectivity index (χ2v) is 5.74. The summed E-state index contributed by atoms with van der Waals surface area (Å²) in [7, 11) is 1.63. The van der Waals surface area contributed by atoms with Crippen LogP contribution in [0.5, 0.6) is 5.75 Å². The van der Waals surface area contributed by atoms with E-state index in [1.165, 1.54) is 11.3 Å². The van der Waals surface area contributed by atoms with Gasteiger partial charge < -0.3 is 4.74 Å². The van der Waals surface area contributed by atoms with Crippen molar-refractivity contribution in [1.29, 1.82) is 0 Å². The van der Waals surface area contributed by atoms with E-state index in [2.05, 4.69) is 4.98 Å². The van der Waals surface area contributed by atoms with Crippen LogP contribution in [0.15, 0.2) is 58.7 Å². The standard InChI is InChI=1S/C17H12N2O2S/c1-21-12-8-6-11(7-9-12)15-10-22-17-18-14-5-3-2-4-13(14)16(20)19(15)17/h2-10H,1H3. The van der Waals surface area contributed by atoms with E-state index in [0.29, 0.717) is 10.3 Å². The molecule has 0 aliphatic rings. The van der Waals surface area contributed by atoms with Gasteiger partial charge in [0.1, 0.15) is 5.75 Å². The molecule has 0 atom stereocenters. The maximum atomic E-state index is 12.8. The van der Waals surface area contributed by atoms with Crippen LogP contribution in [0.25, 0.3) is 27.1 Å². The average molecular weight is 308 g/mol. The Bertz CT molecular complexity index is 1030. The monoisotopic (exact) mass is 308 g/mol. The molecule has 108 valence electrons. The molecule has 5 heteroatoms. The maximum absolute atomic E-state index is 12.8. The highest BCUT2D eigenvalue weighted by atomic mass is 32.1. The van der Waals surface area contributed by atoms with E-state index in [1.54, 1.807) is 11.5 Å². The summed E-state index contributed by atoms with van der Waals surface area (Å²) in [6, 6.07) is 15.1. The summed E-state index contributed by atoms with van der Waals surface area (Å²) in [4.78, 5) is 18.0. The summed E-state index contributed by atoms with van der Waals surface area (Å²) in [6.45, 7) is 0. The van der Waals surface area contributed by atoms with E-state index in [4.69, 9.17) is 4.74 Å². The van der Waals surface area contributed by atoms with Gasteiger partial charge in [-0.25, -0.2) is 4.98 Å². The van der Waals surface area contributed by atoms with Gasteiger partial charge in [-0.15, -0.1) is 11.3 Å². The highest BCUT2D eigenvalue weighted by Gasteiger charge is 2.12. The van der Waals surface area contributed by atoms with E-state index in [-0.39, 0.29) is 5.56 Å². The second kappa shape index (κ2) is 4.96. The number of thiazole rings is 1. The number of fused-ring (bicyclic) bond motifs is 2. The van der Waals surface area contributed by atoms with Gasteiger partial charge in [0.2, 0.25) is 0 Å². The van der Waals surface area contributed by atoms with E-state index in [0.717, 1.165) is 22.5 Å². The summed E-state index contributed by atoms with van der Waals surface area (Å²) in [5, 5.41) is 2.60. The van der Waals surface area contributed by atoms with Gasteiger partial charge in [-0.2, -0.15) is 0 Å². The molecular weight excluding hydrogens is 296 g/mol. The summed E-state index contributed by atoms with van der Waals surface area (Å²) in [5.74, 6) is 0.791. The van der Waals surface area contributed by atoms with Gasteiger partial charge in [-0.05, 0) is 42.0 Å². The highest BCUT2D eigenvalue weighted by molar-refractivity contribution is 7.15. The van der Waals surface area contributed by atoms with Gasteiger partial charge in [-0.1, -0.05) is 12.1 Å². The summed E-state index contributed by atoms with van der Waals surface area (Å²) in [5.41, 5.74) is 2.51. The number of methoxy groups -OCH3 is 1. The largest absolute Gasteiger partial charge is 0.497 e. The minimum absolute atomic E-state index is 0.0346. The molecule has 2 heterocycles. The summed E-state index contributed by atoms with van der Waals surface area (Å²) in [6.07, 6.45) is 0. The van der Waals surface area contributed by atoms with Crippen molar-refractivity contribution >= 4 is 27.2 Å². The lowest BCUT2D eigenvalue weighted by atomic mass is 10.1. The fourth-order valence-corrected chi connectivity index (χ4v) is 3.42. The molecule has 0 unspecified atom stereocenters. The van der Waals surface area contributed by atoms with Crippen LogP contribution in [0.2, 0.25) is 0 Å². The molecule has 4 aromatic rings.